The van der Waals surface area contributed by atoms with Crippen molar-refractivity contribution in [1.82, 2.24) is 25.1 Å². The summed E-state index contributed by atoms with van der Waals surface area (Å²) in [5.74, 6) is 0.529. The molecule has 1 aromatic heterocycles. The zero-order chi connectivity index (χ0) is 21.0. The van der Waals surface area contributed by atoms with Gasteiger partial charge in [0, 0.05) is 18.9 Å². The Bertz CT molecular complexity index is 1020. The number of carbonyl (C=O) groups is 1. The number of likely N-dealkylation sites (tertiary alicyclic amines) is 1. The SMILES string of the molecule is O=C(Cc1ccc(-n2cnnn2)cc1)C1CCN(CCc2ccc3c(c2)COC3)CC1. The zero-order valence-electron chi connectivity index (χ0n) is 17.6. The Kier molecular flexibility index (Phi) is 5.86. The molecule has 0 radical (unpaired) electrons. The predicted octanol–water partition coefficient (Wildman–Crippen LogP) is 2.76. The first-order chi connectivity index (χ1) is 15.2. The molecule has 7 heteroatoms. The van der Waals surface area contributed by atoms with Gasteiger partial charge in [-0.25, -0.2) is 4.68 Å². The quantitative estimate of drug-likeness (QED) is 0.589. The summed E-state index contributed by atoms with van der Waals surface area (Å²) in [4.78, 5) is 15.3. The van der Waals surface area contributed by atoms with Crippen LogP contribution in [0.2, 0.25) is 0 Å². The smallest absolute Gasteiger partial charge is 0.143 e. The van der Waals surface area contributed by atoms with E-state index in [0.717, 1.165) is 63.4 Å². The van der Waals surface area contributed by atoms with Gasteiger partial charge in [-0.2, -0.15) is 0 Å². The van der Waals surface area contributed by atoms with Crippen LogP contribution in [0.4, 0.5) is 0 Å². The van der Waals surface area contributed by atoms with Crippen molar-refractivity contribution in [2.24, 2.45) is 5.92 Å². The van der Waals surface area contributed by atoms with Gasteiger partial charge in [0.15, 0.2) is 0 Å². The van der Waals surface area contributed by atoms with Crippen molar-refractivity contribution in [2.75, 3.05) is 19.6 Å². The fourth-order valence-corrected chi connectivity index (χ4v) is 4.54. The summed E-state index contributed by atoms with van der Waals surface area (Å²) in [6.07, 6.45) is 5.03. The average Bonchev–Trinajstić information content (AvgIpc) is 3.50. The lowest BCUT2D eigenvalue weighted by Gasteiger charge is -2.31. The Balaban J connectivity index is 1.08. The highest BCUT2D eigenvalue weighted by Gasteiger charge is 2.24. The van der Waals surface area contributed by atoms with Gasteiger partial charge in [-0.05, 0) is 77.2 Å². The number of benzene rings is 2. The molecule has 0 saturated carbocycles. The molecule has 0 spiro atoms. The van der Waals surface area contributed by atoms with Gasteiger partial charge < -0.3 is 9.64 Å². The topological polar surface area (TPSA) is 73.1 Å². The van der Waals surface area contributed by atoms with Crippen molar-refractivity contribution >= 4 is 5.78 Å². The van der Waals surface area contributed by atoms with E-state index in [2.05, 4.69) is 38.6 Å². The Morgan fingerprint density at radius 3 is 2.55 bits per heavy atom. The molecule has 0 amide bonds. The Hall–Kier alpha value is -2.90. The minimum atomic E-state index is 0.174. The van der Waals surface area contributed by atoms with Gasteiger partial charge in [-0.15, -0.1) is 5.10 Å². The van der Waals surface area contributed by atoms with Crippen LogP contribution in [-0.4, -0.2) is 50.5 Å². The standard InChI is InChI=1S/C24H27N5O2/c30-24(14-18-2-5-23(6-3-18)29-17-25-26-27-29)20-8-11-28(12-9-20)10-7-19-1-4-21-15-31-16-22(21)13-19/h1-6,13,17,20H,7-12,14-16H2. The molecule has 7 nitrogen and oxygen atoms in total. The van der Waals surface area contributed by atoms with Gasteiger partial charge >= 0.3 is 0 Å². The second-order valence-corrected chi connectivity index (χ2v) is 8.53. The fourth-order valence-electron chi connectivity index (χ4n) is 4.54. The van der Waals surface area contributed by atoms with E-state index in [1.807, 2.05) is 24.3 Å². The van der Waals surface area contributed by atoms with E-state index in [9.17, 15) is 4.79 Å². The highest BCUT2D eigenvalue weighted by Crippen LogP contribution is 2.23. The number of hydrogen-bond donors (Lipinski definition) is 0. The van der Waals surface area contributed by atoms with E-state index in [4.69, 9.17) is 4.74 Å². The summed E-state index contributed by atoms with van der Waals surface area (Å²) >= 11 is 0. The van der Waals surface area contributed by atoms with Crippen molar-refractivity contribution in [3.05, 3.63) is 71.0 Å². The highest BCUT2D eigenvalue weighted by molar-refractivity contribution is 5.83. The minimum Gasteiger partial charge on any atom is -0.372 e. The van der Waals surface area contributed by atoms with Crippen molar-refractivity contribution in [3.8, 4) is 5.69 Å². The average molecular weight is 418 g/mol. The number of ether oxygens (including phenoxy) is 1. The van der Waals surface area contributed by atoms with Gasteiger partial charge in [0.1, 0.15) is 12.1 Å². The summed E-state index contributed by atoms with van der Waals surface area (Å²) < 4.78 is 7.12. The molecular formula is C24H27N5O2. The number of tetrazole rings is 1. The molecule has 31 heavy (non-hydrogen) atoms. The lowest BCUT2D eigenvalue weighted by Crippen LogP contribution is -2.37. The van der Waals surface area contributed by atoms with Crippen LogP contribution in [0.15, 0.2) is 48.8 Å². The number of piperidine rings is 1. The minimum absolute atomic E-state index is 0.174. The Labute approximate surface area is 182 Å². The van der Waals surface area contributed by atoms with Crippen LogP contribution in [-0.2, 0) is 35.6 Å². The maximum Gasteiger partial charge on any atom is 0.143 e. The van der Waals surface area contributed by atoms with Crippen molar-refractivity contribution in [3.63, 3.8) is 0 Å². The van der Waals surface area contributed by atoms with E-state index < -0.39 is 0 Å². The third-order valence-corrected chi connectivity index (χ3v) is 6.47. The fraction of sp³-hybridized carbons (Fsp3) is 0.417. The molecule has 2 aliphatic rings. The molecule has 5 rings (SSSR count). The van der Waals surface area contributed by atoms with E-state index in [0.29, 0.717) is 12.2 Å². The summed E-state index contributed by atoms with van der Waals surface area (Å²) in [6, 6.07) is 14.6. The molecule has 3 aromatic rings. The molecule has 0 bridgehead atoms. The molecule has 0 atom stereocenters. The molecule has 0 aliphatic carbocycles. The van der Waals surface area contributed by atoms with Gasteiger partial charge in [0.05, 0.1) is 18.9 Å². The number of ketones is 1. The summed E-state index contributed by atoms with van der Waals surface area (Å²) in [6.45, 7) is 4.56. The number of Topliss-reactive ketones (excluding diaryl/α,β-unsaturated/α-hetero) is 1. The van der Waals surface area contributed by atoms with Gasteiger partial charge in [-0.3, -0.25) is 4.79 Å². The third-order valence-electron chi connectivity index (χ3n) is 6.47. The molecule has 2 aliphatic heterocycles. The highest BCUT2D eigenvalue weighted by atomic mass is 16.5. The van der Waals surface area contributed by atoms with E-state index in [1.165, 1.54) is 16.7 Å². The normalized spacial score (nSPS) is 17.0. The largest absolute Gasteiger partial charge is 0.372 e. The second-order valence-electron chi connectivity index (χ2n) is 8.53. The molecule has 1 saturated heterocycles. The third kappa shape index (κ3) is 4.73. The molecule has 0 N–H and O–H groups in total. The first-order valence-electron chi connectivity index (χ1n) is 11.0. The first-order valence-corrected chi connectivity index (χ1v) is 11.0. The van der Waals surface area contributed by atoms with Gasteiger partial charge in [-0.1, -0.05) is 30.3 Å². The number of rotatable bonds is 7. The van der Waals surface area contributed by atoms with Crippen LogP contribution in [0.25, 0.3) is 5.69 Å². The number of aromatic nitrogens is 4. The maximum absolute atomic E-state index is 12.8. The summed E-state index contributed by atoms with van der Waals surface area (Å²) in [5.41, 5.74) is 5.99. The summed E-state index contributed by atoms with van der Waals surface area (Å²) in [5, 5.41) is 11.2. The molecule has 160 valence electrons. The van der Waals surface area contributed by atoms with Crippen molar-refractivity contribution < 1.29 is 9.53 Å². The number of carbonyl (C=O) groups excluding carboxylic acids is 1. The molecule has 3 heterocycles. The number of nitrogens with zero attached hydrogens (tertiary/aromatic N) is 5. The summed E-state index contributed by atoms with van der Waals surface area (Å²) in [7, 11) is 0. The Morgan fingerprint density at radius 2 is 1.77 bits per heavy atom. The van der Waals surface area contributed by atoms with Crippen molar-refractivity contribution in [2.45, 2.75) is 38.9 Å². The van der Waals surface area contributed by atoms with Gasteiger partial charge in [0.25, 0.3) is 0 Å². The van der Waals surface area contributed by atoms with Gasteiger partial charge in [0.2, 0.25) is 0 Å². The zero-order valence-corrected chi connectivity index (χ0v) is 17.6. The lowest BCUT2D eigenvalue weighted by atomic mass is 9.89. The number of hydrogen-bond acceptors (Lipinski definition) is 6. The monoisotopic (exact) mass is 417 g/mol. The van der Waals surface area contributed by atoms with Crippen LogP contribution in [0.3, 0.4) is 0 Å². The molecule has 1 fully saturated rings. The number of fused-ring (bicyclic) bond motifs is 1. The second kappa shape index (κ2) is 9.08. The maximum atomic E-state index is 12.8. The molecule has 2 aromatic carbocycles. The van der Waals surface area contributed by atoms with Crippen molar-refractivity contribution in [1.29, 1.82) is 0 Å². The molecule has 0 unspecified atom stereocenters. The van der Waals surface area contributed by atoms with E-state index in [-0.39, 0.29) is 5.92 Å². The van der Waals surface area contributed by atoms with E-state index in [1.54, 1.807) is 11.0 Å². The Morgan fingerprint density at radius 1 is 1.00 bits per heavy atom. The first kappa shape index (κ1) is 20.0. The van der Waals surface area contributed by atoms with Crippen LogP contribution in [0, 0.1) is 5.92 Å². The van der Waals surface area contributed by atoms with E-state index >= 15 is 0 Å². The van der Waals surface area contributed by atoms with Crippen LogP contribution in [0.1, 0.15) is 35.1 Å². The van der Waals surface area contributed by atoms with Crippen LogP contribution in [0.5, 0.6) is 0 Å². The van der Waals surface area contributed by atoms with Crippen LogP contribution < -0.4 is 0 Å². The molecular weight excluding hydrogens is 390 g/mol. The lowest BCUT2D eigenvalue weighted by molar-refractivity contribution is -0.123. The predicted molar refractivity (Wildman–Crippen MR) is 116 cm³/mol. The van der Waals surface area contributed by atoms with Crippen LogP contribution >= 0.6 is 0 Å².